The number of hydrogen-bond acceptors (Lipinski definition) is 4. The molecule has 0 aliphatic carbocycles. The van der Waals surface area contributed by atoms with Gasteiger partial charge in [0.05, 0.1) is 33.5 Å². The van der Waals surface area contributed by atoms with Crippen LogP contribution < -0.4 is 10.6 Å². The molecule has 1 aromatic carbocycles. The fourth-order valence-electron chi connectivity index (χ4n) is 3.73. The van der Waals surface area contributed by atoms with E-state index in [1.165, 1.54) is 22.5 Å². The zero-order valence-corrected chi connectivity index (χ0v) is 18.3. The molecule has 7 heteroatoms. The Morgan fingerprint density at radius 2 is 2.23 bits per heavy atom. The summed E-state index contributed by atoms with van der Waals surface area (Å²) in [6.45, 7) is 3.80. The molecular formula is C19H27IN4OS. The summed E-state index contributed by atoms with van der Waals surface area (Å²) in [6, 6.07) is 8.75. The molecule has 0 spiro atoms. The molecule has 0 saturated carbocycles. The third kappa shape index (κ3) is 4.67. The molecule has 2 aliphatic heterocycles. The second kappa shape index (κ2) is 9.32. The highest BCUT2D eigenvalue weighted by Crippen LogP contribution is 2.34. The predicted octanol–water partition coefficient (Wildman–Crippen LogP) is 3.72. The van der Waals surface area contributed by atoms with Crippen LogP contribution in [-0.2, 0) is 11.2 Å². The van der Waals surface area contributed by atoms with Crippen molar-refractivity contribution in [3.63, 3.8) is 0 Å². The molecule has 2 aliphatic rings. The Bertz CT molecular complexity index is 717. The fraction of sp³-hybridized carbons (Fsp3) is 0.579. The van der Waals surface area contributed by atoms with Crippen molar-refractivity contribution in [2.75, 3.05) is 13.1 Å². The third-order valence-electron chi connectivity index (χ3n) is 4.93. The number of aliphatic imine (C=N–C) groups is 1. The zero-order valence-electron chi connectivity index (χ0n) is 15.1. The SMILES string of the molecule is CCNC(=NCCCc1nc2ccccc2s1)NC1CC2CCC1O2.I. The van der Waals surface area contributed by atoms with E-state index in [0.717, 1.165) is 43.8 Å². The predicted molar refractivity (Wildman–Crippen MR) is 119 cm³/mol. The van der Waals surface area contributed by atoms with Gasteiger partial charge in [0.25, 0.3) is 0 Å². The molecule has 3 unspecified atom stereocenters. The summed E-state index contributed by atoms with van der Waals surface area (Å²) in [5.74, 6) is 0.924. The normalized spacial score (nSPS) is 24.7. The second-order valence-corrected chi connectivity index (χ2v) is 7.92. The lowest BCUT2D eigenvalue weighted by atomic mass is 9.96. The van der Waals surface area contributed by atoms with Gasteiger partial charge in [-0.3, -0.25) is 4.99 Å². The summed E-state index contributed by atoms with van der Waals surface area (Å²) in [6.07, 6.45) is 6.35. The third-order valence-corrected chi connectivity index (χ3v) is 6.03. The summed E-state index contributed by atoms with van der Waals surface area (Å²) in [5, 5.41) is 8.13. The molecule has 0 amide bonds. The maximum Gasteiger partial charge on any atom is 0.191 e. The highest BCUT2D eigenvalue weighted by Gasteiger charge is 2.41. The molecule has 0 radical (unpaired) electrons. The van der Waals surface area contributed by atoms with Gasteiger partial charge in [0, 0.05) is 19.5 Å². The molecule has 5 nitrogen and oxygen atoms in total. The molecular weight excluding hydrogens is 459 g/mol. The number of para-hydroxylation sites is 1. The number of thiazole rings is 1. The van der Waals surface area contributed by atoms with Crippen molar-refractivity contribution in [2.24, 2.45) is 4.99 Å². The first kappa shape index (κ1) is 19.8. The van der Waals surface area contributed by atoms with Crippen LogP contribution in [-0.4, -0.2) is 42.3 Å². The summed E-state index contributed by atoms with van der Waals surface area (Å²) in [4.78, 5) is 9.44. The topological polar surface area (TPSA) is 58.5 Å². The summed E-state index contributed by atoms with van der Waals surface area (Å²) < 4.78 is 7.19. The van der Waals surface area contributed by atoms with Gasteiger partial charge in [-0.15, -0.1) is 35.3 Å². The molecule has 3 atom stereocenters. The lowest BCUT2D eigenvalue weighted by Crippen LogP contribution is -2.47. The van der Waals surface area contributed by atoms with E-state index in [-0.39, 0.29) is 24.0 Å². The minimum absolute atomic E-state index is 0. The summed E-state index contributed by atoms with van der Waals surface area (Å²) in [5.41, 5.74) is 1.11. The number of guanidine groups is 1. The van der Waals surface area contributed by atoms with Gasteiger partial charge in [-0.1, -0.05) is 12.1 Å². The Balaban J connectivity index is 0.00000196. The van der Waals surface area contributed by atoms with Crippen molar-refractivity contribution >= 4 is 51.5 Å². The van der Waals surface area contributed by atoms with Gasteiger partial charge in [-0.2, -0.15) is 0 Å². The number of ether oxygens (including phenoxy) is 1. The van der Waals surface area contributed by atoms with Crippen LogP contribution in [0.3, 0.4) is 0 Å². The van der Waals surface area contributed by atoms with E-state index in [1.807, 2.05) is 6.07 Å². The van der Waals surface area contributed by atoms with Crippen LogP contribution in [0.4, 0.5) is 0 Å². The minimum atomic E-state index is 0. The van der Waals surface area contributed by atoms with Crippen LogP contribution >= 0.6 is 35.3 Å². The molecule has 2 aromatic rings. The van der Waals surface area contributed by atoms with E-state index in [9.17, 15) is 0 Å². The van der Waals surface area contributed by atoms with Crippen LogP contribution in [0.1, 0.15) is 37.6 Å². The van der Waals surface area contributed by atoms with Crippen molar-refractivity contribution in [3.05, 3.63) is 29.3 Å². The van der Waals surface area contributed by atoms with Crippen LogP contribution in [0.15, 0.2) is 29.3 Å². The molecule has 2 bridgehead atoms. The largest absolute Gasteiger partial charge is 0.373 e. The first-order chi connectivity index (χ1) is 12.3. The number of fused-ring (bicyclic) bond motifs is 3. The van der Waals surface area contributed by atoms with E-state index in [1.54, 1.807) is 11.3 Å². The van der Waals surface area contributed by atoms with Crippen molar-refractivity contribution < 1.29 is 4.74 Å². The molecule has 2 N–H and O–H groups in total. The smallest absolute Gasteiger partial charge is 0.191 e. The molecule has 26 heavy (non-hydrogen) atoms. The summed E-state index contributed by atoms with van der Waals surface area (Å²) in [7, 11) is 0. The number of benzene rings is 1. The molecule has 2 fully saturated rings. The lowest BCUT2D eigenvalue weighted by molar-refractivity contribution is 0.0992. The minimum Gasteiger partial charge on any atom is -0.373 e. The average Bonchev–Trinajstić information content (AvgIpc) is 3.33. The van der Waals surface area contributed by atoms with Gasteiger partial charge >= 0.3 is 0 Å². The quantitative estimate of drug-likeness (QED) is 0.283. The van der Waals surface area contributed by atoms with E-state index in [2.05, 4.69) is 35.8 Å². The van der Waals surface area contributed by atoms with Crippen molar-refractivity contribution in [1.82, 2.24) is 15.6 Å². The highest BCUT2D eigenvalue weighted by molar-refractivity contribution is 14.0. The number of hydrogen-bond donors (Lipinski definition) is 2. The van der Waals surface area contributed by atoms with Crippen LogP contribution in [0.5, 0.6) is 0 Å². The first-order valence-electron chi connectivity index (χ1n) is 9.36. The van der Waals surface area contributed by atoms with Crippen LogP contribution in [0.2, 0.25) is 0 Å². The van der Waals surface area contributed by atoms with E-state index < -0.39 is 0 Å². The Morgan fingerprint density at radius 1 is 1.35 bits per heavy atom. The van der Waals surface area contributed by atoms with Crippen LogP contribution in [0.25, 0.3) is 10.2 Å². The fourth-order valence-corrected chi connectivity index (χ4v) is 4.74. The van der Waals surface area contributed by atoms with Gasteiger partial charge in [-0.05, 0) is 44.7 Å². The zero-order chi connectivity index (χ0) is 17.1. The van der Waals surface area contributed by atoms with Gasteiger partial charge in [0.15, 0.2) is 5.96 Å². The van der Waals surface area contributed by atoms with Crippen molar-refractivity contribution in [3.8, 4) is 0 Å². The Labute approximate surface area is 176 Å². The highest BCUT2D eigenvalue weighted by atomic mass is 127. The van der Waals surface area contributed by atoms with E-state index in [0.29, 0.717) is 18.2 Å². The molecule has 142 valence electrons. The number of halogens is 1. The standard InChI is InChI=1S/C19H26N4OS.HI/c1-2-20-19(23-15-12-13-9-10-16(15)24-13)21-11-5-8-18-22-14-6-3-4-7-17(14)25-18;/h3-4,6-7,13,15-16H,2,5,8-12H2,1H3,(H2,20,21,23);1H. The van der Waals surface area contributed by atoms with Gasteiger partial charge in [0.2, 0.25) is 0 Å². The van der Waals surface area contributed by atoms with Gasteiger partial charge in [-0.25, -0.2) is 4.98 Å². The van der Waals surface area contributed by atoms with E-state index in [4.69, 9.17) is 14.7 Å². The van der Waals surface area contributed by atoms with Crippen molar-refractivity contribution in [1.29, 1.82) is 0 Å². The number of nitrogens with zero attached hydrogens (tertiary/aromatic N) is 2. The summed E-state index contributed by atoms with van der Waals surface area (Å²) >= 11 is 1.79. The first-order valence-corrected chi connectivity index (χ1v) is 10.2. The maximum absolute atomic E-state index is 5.92. The molecule has 2 saturated heterocycles. The van der Waals surface area contributed by atoms with Gasteiger partial charge in [0.1, 0.15) is 0 Å². The number of aryl methyl sites for hydroxylation is 1. The monoisotopic (exact) mass is 486 g/mol. The lowest BCUT2D eigenvalue weighted by Gasteiger charge is -2.22. The molecule has 4 rings (SSSR count). The Morgan fingerprint density at radius 3 is 2.96 bits per heavy atom. The number of nitrogens with one attached hydrogen (secondary N) is 2. The number of aromatic nitrogens is 1. The molecule has 1 aromatic heterocycles. The number of rotatable bonds is 6. The van der Waals surface area contributed by atoms with Crippen LogP contribution in [0, 0.1) is 0 Å². The maximum atomic E-state index is 5.92. The Hall–Kier alpha value is -0.930. The van der Waals surface area contributed by atoms with Gasteiger partial charge < -0.3 is 15.4 Å². The van der Waals surface area contributed by atoms with Crippen molar-refractivity contribution in [2.45, 2.75) is 57.3 Å². The average molecular weight is 486 g/mol. The molecule has 3 heterocycles. The van der Waals surface area contributed by atoms with E-state index >= 15 is 0 Å². The Kier molecular flexibility index (Phi) is 7.11. The second-order valence-electron chi connectivity index (χ2n) is 6.80.